The first-order valence-electron chi connectivity index (χ1n) is 5.97. The van der Waals surface area contributed by atoms with Gasteiger partial charge >= 0.3 is 0 Å². The van der Waals surface area contributed by atoms with Gasteiger partial charge in [-0.3, -0.25) is 4.79 Å². The molecule has 0 aliphatic carbocycles. The van der Waals surface area contributed by atoms with Crippen LogP contribution in [-0.2, 0) is 6.42 Å². The van der Waals surface area contributed by atoms with Crippen LogP contribution in [0.2, 0.25) is 5.02 Å². The van der Waals surface area contributed by atoms with E-state index in [0.717, 1.165) is 16.5 Å². The molecule has 2 rings (SSSR count). The van der Waals surface area contributed by atoms with Crippen molar-refractivity contribution in [2.45, 2.75) is 13.3 Å². The third-order valence-electron chi connectivity index (χ3n) is 2.80. The zero-order valence-electron chi connectivity index (χ0n) is 10.6. The van der Waals surface area contributed by atoms with Crippen LogP contribution in [0.4, 0.5) is 0 Å². The maximum Gasteiger partial charge on any atom is 0.252 e. The molecule has 2 aromatic rings. The topological polar surface area (TPSA) is 26.3 Å². The number of benzene rings is 2. The van der Waals surface area contributed by atoms with E-state index in [1.54, 1.807) is 24.3 Å². The van der Waals surface area contributed by atoms with Gasteiger partial charge in [-0.05, 0) is 53.9 Å². The Labute approximate surface area is 135 Å². The fraction of sp³-hybridized carbons (Fsp3) is 0.133. The molecule has 0 aromatic heterocycles. The predicted octanol–water partition coefficient (Wildman–Crippen LogP) is 5.84. The summed E-state index contributed by atoms with van der Waals surface area (Å²) in [6.45, 7) is 1.96. The Morgan fingerprint density at radius 1 is 1.25 bits per heavy atom. The Kier molecular flexibility index (Phi) is 5.08. The summed E-state index contributed by atoms with van der Waals surface area (Å²) in [5.41, 5.74) is 1.35. The lowest BCUT2D eigenvalue weighted by atomic mass is 10.1. The van der Waals surface area contributed by atoms with Gasteiger partial charge in [0.25, 0.3) is 5.24 Å². The third-order valence-corrected chi connectivity index (χ3v) is 3.79. The molecule has 5 heteroatoms. The van der Waals surface area contributed by atoms with Crippen molar-refractivity contribution in [3.05, 3.63) is 57.0 Å². The molecule has 2 nitrogen and oxygen atoms in total. The lowest BCUT2D eigenvalue weighted by molar-refractivity contribution is 0.108. The van der Waals surface area contributed by atoms with Crippen molar-refractivity contribution in [2.75, 3.05) is 0 Å². The lowest BCUT2D eigenvalue weighted by Gasteiger charge is -2.10. The molecular formula is C15H11BrCl2O2. The van der Waals surface area contributed by atoms with E-state index in [2.05, 4.69) is 15.9 Å². The maximum absolute atomic E-state index is 11.4. The van der Waals surface area contributed by atoms with Crippen LogP contribution in [0.5, 0.6) is 11.5 Å². The molecule has 0 N–H and O–H groups in total. The summed E-state index contributed by atoms with van der Waals surface area (Å²) in [5, 5.41) is -0.00750. The molecular weight excluding hydrogens is 363 g/mol. The van der Waals surface area contributed by atoms with Gasteiger partial charge in [0.15, 0.2) is 0 Å². The standard InChI is InChI=1S/C15H11BrCl2O2/c1-2-9-3-5-11(8-12(9)15(18)19)20-14-6-4-10(16)7-13(14)17/h3-8H,2H2,1H3. The Hall–Kier alpha value is -1.03. The highest BCUT2D eigenvalue weighted by Gasteiger charge is 2.11. The van der Waals surface area contributed by atoms with Crippen molar-refractivity contribution < 1.29 is 9.53 Å². The summed E-state index contributed by atoms with van der Waals surface area (Å²) >= 11 is 15.0. The van der Waals surface area contributed by atoms with Crippen LogP contribution in [0.25, 0.3) is 0 Å². The predicted molar refractivity (Wildman–Crippen MR) is 85.2 cm³/mol. The molecule has 0 unspecified atom stereocenters. The van der Waals surface area contributed by atoms with E-state index in [0.29, 0.717) is 22.1 Å². The summed E-state index contributed by atoms with van der Waals surface area (Å²) in [7, 11) is 0. The molecule has 20 heavy (non-hydrogen) atoms. The van der Waals surface area contributed by atoms with Gasteiger partial charge in [0.1, 0.15) is 11.5 Å². The summed E-state index contributed by atoms with van der Waals surface area (Å²) in [4.78, 5) is 11.4. The minimum absolute atomic E-state index is 0.458. The van der Waals surface area contributed by atoms with Crippen LogP contribution in [0.3, 0.4) is 0 Å². The number of hydrogen-bond donors (Lipinski definition) is 0. The van der Waals surface area contributed by atoms with Gasteiger partial charge < -0.3 is 4.74 Å². The van der Waals surface area contributed by atoms with E-state index >= 15 is 0 Å². The Balaban J connectivity index is 2.34. The second-order valence-corrected chi connectivity index (χ2v) is 5.79. The van der Waals surface area contributed by atoms with Crippen molar-refractivity contribution in [1.82, 2.24) is 0 Å². The smallest absolute Gasteiger partial charge is 0.252 e. The van der Waals surface area contributed by atoms with Crippen LogP contribution >= 0.6 is 39.1 Å². The fourth-order valence-corrected chi connectivity index (χ4v) is 2.68. The molecule has 0 spiro atoms. The number of carbonyl (C=O) groups excluding carboxylic acids is 1. The van der Waals surface area contributed by atoms with Crippen molar-refractivity contribution in [1.29, 1.82) is 0 Å². The minimum Gasteiger partial charge on any atom is -0.456 e. The number of rotatable bonds is 4. The number of ether oxygens (including phenoxy) is 1. The van der Waals surface area contributed by atoms with Gasteiger partial charge in [0.2, 0.25) is 0 Å². The Bertz CT molecular complexity index is 656. The van der Waals surface area contributed by atoms with Crippen molar-refractivity contribution in [3.8, 4) is 11.5 Å². The molecule has 0 atom stereocenters. The van der Waals surface area contributed by atoms with Crippen LogP contribution in [-0.4, -0.2) is 5.24 Å². The maximum atomic E-state index is 11.4. The molecule has 0 saturated carbocycles. The molecule has 104 valence electrons. The van der Waals surface area contributed by atoms with E-state index in [1.807, 2.05) is 19.1 Å². The monoisotopic (exact) mass is 372 g/mol. The molecule has 0 amide bonds. The first-order valence-corrected chi connectivity index (χ1v) is 7.51. The summed E-state index contributed by atoms with van der Waals surface area (Å²) in [5.74, 6) is 1.04. The van der Waals surface area contributed by atoms with Gasteiger partial charge in [-0.2, -0.15) is 0 Å². The zero-order chi connectivity index (χ0) is 14.7. The molecule has 0 saturated heterocycles. The number of halogens is 3. The SMILES string of the molecule is CCc1ccc(Oc2ccc(Br)cc2Cl)cc1C(=O)Cl. The summed E-state index contributed by atoms with van der Waals surface area (Å²) in [6, 6.07) is 10.6. The highest BCUT2D eigenvalue weighted by molar-refractivity contribution is 9.10. The van der Waals surface area contributed by atoms with Crippen LogP contribution in [0, 0.1) is 0 Å². The molecule has 0 fully saturated rings. The van der Waals surface area contributed by atoms with Gasteiger partial charge in [-0.15, -0.1) is 0 Å². The average Bonchev–Trinajstić information content (AvgIpc) is 2.41. The van der Waals surface area contributed by atoms with Gasteiger partial charge in [0, 0.05) is 10.0 Å². The summed E-state index contributed by atoms with van der Waals surface area (Å²) < 4.78 is 6.56. The van der Waals surface area contributed by atoms with E-state index in [9.17, 15) is 4.79 Å². The second kappa shape index (κ2) is 6.61. The van der Waals surface area contributed by atoms with Crippen molar-refractivity contribution in [2.24, 2.45) is 0 Å². The minimum atomic E-state index is -0.491. The van der Waals surface area contributed by atoms with Gasteiger partial charge in [0.05, 0.1) is 5.02 Å². The number of aryl methyl sites for hydroxylation is 1. The van der Waals surface area contributed by atoms with Crippen molar-refractivity contribution >= 4 is 44.4 Å². The fourth-order valence-electron chi connectivity index (χ4n) is 1.80. The molecule has 0 heterocycles. The zero-order valence-corrected chi connectivity index (χ0v) is 13.7. The quantitative estimate of drug-likeness (QED) is 0.629. The van der Waals surface area contributed by atoms with Gasteiger partial charge in [-0.1, -0.05) is 40.5 Å². The lowest BCUT2D eigenvalue weighted by Crippen LogP contribution is -1.97. The highest BCUT2D eigenvalue weighted by Crippen LogP contribution is 2.32. The van der Waals surface area contributed by atoms with Crippen LogP contribution in [0.15, 0.2) is 40.9 Å². The Morgan fingerprint density at radius 3 is 2.60 bits per heavy atom. The first kappa shape index (κ1) is 15.4. The van der Waals surface area contributed by atoms with E-state index < -0.39 is 5.24 Å². The number of hydrogen-bond acceptors (Lipinski definition) is 2. The number of carbonyl (C=O) groups is 1. The summed E-state index contributed by atoms with van der Waals surface area (Å²) in [6.07, 6.45) is 0.729. The second-order valence-electron chi connectivity index (χ2n) is 4.12. The molecule has 0 aliphatic rings. The van der Waals surface area contributed by atoms with Crippen LogP contribution in [0.1, 0.15) is 22.8 Å². The van der Waals surface area contributed by atoms with Crippen molar-refractivity contribution in [3.63, 3.8) is 0 Å². The average molecular weight is 374 g/mol. The Morgan fingerprint density at radius 2 is 2.00 bits per heavy atom. The largest absolute Gasteiger partial charge is 0.456 e. The van der Waals surface area contributed by atoms with Gasteiger partial charge in [-0.25, -0.2) is 0 Å². The van der Waals surface area contributed by atoms with E-state index in [1.165, 1.54) is 0 Å². The molecule has 0 bridgehead atoms. The third kappa shape index (κ3) is 3.54. The highest BCUT2D eigenvalue weighted by atomic mass is 79.9. The molecule has 2 aromatic carbocycles. The van der Waals surface area contributed by atoms with E-state index in [-0.39, 0.29) is 0 Å². The molecule has 0 radical (unpaired) electrons. The molecule has 0 aliphatic heterocycles. The van der Waals surface area contributed by atoms with E-state index in [4.69, 9.17) is 27.9 Å². The van der Waals surface area contributed by atoms with Crippen LogP contribution < -0.4 is 4.74 Å². The first-order chi connectivity index (χ1) is 9.51. The normalized spacial score (nSPS) is 10.4.